The Morgan fingerprint density at radius 3 is 2.79 bits per heavy atom. The molecule has 1 aliphatic heterocycles. The van der Waals surface area contributed by atoms with E-state index < -0.39 is 36.4 Å². The predicted molar refractivity (Wildman–Crippen MR) is 108 cm³/mol. The van der Waals surface area contributed by atoms with Gasteiger partial charge in [-0.1, -0.05) is 32.1 Å². The minimum absolute atomic E-state index is 0.136. The third-order valence-corrected chi connectivity index (χ3v) is 6.05. The normalized spacial score (nSPS) is 19.8. The van der Waals surface area contributed by atoms with Gasteiger partial charge in [-0.05, 0) is 43.4 Å². The fraction of sp³-hybridized carbons (Fsp3) is 0.524. The van der Waals surface area contributed by atoms with E-state index in [-0.39, 0.29) is 11.4 Å². The molecule has 0 aromatic carbocycles. The minimum atomic E-state index is -3.42. The van der Waals surface area contributed by atoms with Crippen LogP contribution in [0, 0.1) is 0 Å². The molecular formula is C21H27F2NO4S. The second-order valence-corrected chi connectivity index (χ2v) is 8.41. The summed E-state index contributed by atoms with van der Waals surface area (Å²) in [5.41, 5.74) is 0.623. The first-order valence-corrected chi connectivity index (χ1v) is 10.5. The second kappa shape index (κ2) is 10.1. The number of thiophene rings is 1. The van der Waals surface area contributed by atoms with Crippen molar-refractivity contribution < 1.29 is 28.6 Å². The molecule has 2 heterocycles. The Bertz CT molecular complexity index is 774. The average Bonchev–Trinajstić information content (AvgIpc) is 3.22. The molecule has 2 rings (SSSR count). The number of amides is 1. The highest BCUT2D eigenvalue weighted by atomic mass is 32.1. The molecular weight excluding hydrogens is 400 g/mol. The lowest BCUT2D eigenvalue weighted by molar-refractivity contribution is -0.148. The lowest BCUT2D eigenvalue weighted by Gasteiger charge is -2.22. The van der Waals surface area contributed by atoms with Crippen LogP contribution in [0.4, 0.5) is 8.78 Å². The maximum absolute atomic E-state index is 14.0. The predicted octanol–water partition coefficient (Wildman–Crippen LogP) is 4.28. The number of rotatable bonds is 11. The van der Waals surface area contributed by atoms with Crippen molar-refractivity contribution in [1.82, 2.24) is 4.90 Å². The Balaban J connectivity index is 1.97. The van der Waals surface area contributed by atoms with Crippen molar-refractivity contribution in [2.75, 3.05) is 6.54 Å². The number of carboxylic acid groups (broad SMARTS) is 1. The number of aryl methyl sites for hydroxylation is 1. The molecule has 1 aromatic rings. The standard InChI is InChI=1S/C21H27F2NO4S/c1-3-4-6-14(2)17(25)10-8-15-13-21(22,23)20(28)24(15)12-5-7-16-9-11-18(29-16)19(26)27/h8-11,15,17,25H,2-7,12-13H2,1H3,(H,26,27)/b10-8+/t15-,17+/m0/s1. The van der Waals surface area contributed by atoms with Crippen molar-refractivity contribution in [3.05, 3.63) is 46.2 Å². The first kappa shape index (κ1) is 23.2. The Morgan fingerprint density at radius 1 is 1.45 bits per heavy atom. The van der Waals surface area contributed by atoms with Crippen molar-refractivity contribution in [2.45, 2.75) is 63.5 Å². The molecule has 0 bridgehead atoms. The van der Waals surface area contributed by atoms with Crippen molar-refractivity contribution in [3.63, 3.8) is 0 Å². The maximum atomic E-state index is 14.0. The Hall–Kier alpha value is -2.06. The van der Waals surface area contributed by atoms with E-state index >= 15 is 0 Å². The summed E-state index contributed by atoms with van der Waals surface area (Å²) in [6.07, 6.45) is 4.82. The number of alkyl halides is 2. The highest BCUT2D eigenvalue weighted by Crippen LogP contribution is 2.34. The Morgan fingerprint density at radius 2 is 2.17 bits per heavy atom. The molecule has 160 valence electrons. The fourth-order valence-electron chi connectivity index (χ4n) is 3.23. The zero-order chi connectivity index (χ0) is 21.6. The quantitative estimate of drug-likeness (QED) is 0.517. The number of aliphatic hydroxyl groups excluding tert-OH is 1. The first-order chi connectivity index (χ1) is 13.7. The SMILES string of the molecule is C=C(CCCC)[C@H](O)/C=C/[C@H]1CC(F)(F)C(=O)N1CCCc1ccc(C(=O)O)s1. The van der Waals surface area contributed by atoms with E-state index in [0.717, 1.165) is 34.0 Å². The van der Waals surface area contributed by atoms with Crippen LogP contribution in [0.1, 0.15) is 53.6 Å². The van der Waals surface area contributed by atoms with Crippen molar-refractivity contribution in [1.29, 1.82) is 0 Å². The number of aromatic carboxylic acids is 1. The molecule has 0 aliphatic carbocycles. The van der Waals surface area contributed by atoms with E-state index in [1.165, 1.54) is 18.2 Å². The van der Waals surface area contributed by atoms with Crippen molar-refractivity contribution in [3.8, 4) is 0 Å². The van der Waals surface area contributed by atoms with Gasteiger partial charge in [0.2, 0.25) is 0 Å². The van der Waals surface area contributed by atoms with Gasteiger partial charge in [-0.3, -0.25) is 4.79 Å². The number of carboxylic acids is 1. The van der Waals surface area contributed by atoms with Gasteiger partial charge in [0, 0.05) is 17.8 Å². The van der Waals surface area contributed by atoms with Gasteiger partial charge in [0.05, 0.1) is 12.1 Å². The zero-order valence-corrected chi connectivity index (χ0v) is 17.3. The minimum Gasteiger partial charge on any atom is -0.477 e. The van der Waals surface area contributed by atoms with Crippen LogP contribution in [-0.2, 0) is 11.2 Å². The van der Waals surface area contributed by atoms with Crippen LogP contribution in [0.25, 0.3) is 0 Å². The van der Waals surface area contributed by atoms with Crippen LogP contribution in [-0.4, -0.2) is 51.6 Å². The molecule has 1 fully saturated rings. The molecule has 1 aliphatic rings. The molecule has 8 heteroatoms. The summed E-state index contributed by atoms with van der Waals surface area (Å²) in [4.78, 5) is 25.2. The summed E-state index contributed by atoms with van der Waals surface area (Å²) in [6.45, 7) is 5.99. The van der Waals surface area contributed by atoms with Gasteiger partial charge in [0.1, 0.15) is 4.88 Å². The number of carbonyl (C=O) groups excluding carboxylic acids is 1. The molecule has 1 saturated heterocycles. The third kappa shape index (κ3) is 6.21. The number of likely N-dealkylation sites (tertiary alicyclic amines) is 1. The van der Waals surface area contributed by atoms with Crippen LogP contribution in [0.3, 0.4) is 0 Å². The van der Waals surface area contributed by atoms with Crippen LogP contribution >= 0.6 is 11.3 Å². The summed E-state index contributed by atoms with van der Waals surface area (Å²) in [7, 11) is 0. The van der Waals surface area contributed by atoms with Crippen molar-refractivity contribution in [2.24, 2.45) is 0 Å². The van der Waals surface area contributed by atoms with Gasteiger partial charge >= 0.3 is 11.9 Å². The molecule has 29 heavy (non-hydrogen) atoms. The number of hydrogen-bond donors (Lipinski definition) is 2. The van der Waals surface area contributed by atoms with Crippen LogP contribution in [0.5, 0.6) is 0 Å². The molecule has 0 saturated carbocycles. The highest BCUT2D eigenvalue weighted by molar-refractivity contribution is 7.13. The van der Waals surface area contributed by atoms with Gasteiger partial charge in [0.25, 0.3) is 5.91 Å². The molecule has 0 unspecified atom stereocenters. The number of aliphatic hydroxyl groups is 1. The molecule has 2 N–H and O–H groups in total. The smallest absolute Gasteiger partial charge is 0.345 e. The fourth-order valence-corrected chi connectivity index (χ4v) is 4.12. The van der Waals surface area contributed by atoms with E-state index in [1.54, 1.807) is 6.07 Å². The topological polar surface area (TPSA) is 77.8 Å². The molecule has 0 radical (unpaired) electrons. The lowest BCUT2D eigenvalue weighted by Crippen LogP contribution is -2.36. The lowest BCUT2D eigenvalue weighted by atomic mass is 10.0. The number of carbonyl (C=O) groups is 2. The summed E-state index contributed by atoms with van der Waals surface area (Å²) >= 11 is 1.14. The molecule has 5 nitrogen and oxygen atoms in total. The van der Waals surface area contributed by atoms with Gasteiger partial charge in [-0.2, -0.15) is 8.78 Å². The average molecular weight is 428 g/mol. The second-order valence-electron chi connectivity index (χ2n) is 7.24. The summed E-state index contributed by atoms with van der Waals surface area (Å²) in [6, 6.07) is 2.42. The third-order valence-electron chi connectivity index (χ3n) is 4.92. The molecule has 0 spiro atoms. The van der Waals surface area contributed by atoms with Gasteiger partial charge < -0.3 is 15.1 Å². The number of nitrogens with zero attached hydrogens (tertiary/aromatic N) is 1. The monoisotopic (exact) mass is 427 g/mol. The largest absolute Gasteiger partial charge is 0.477 e. The first-order valence-electron chi connectivity index (χ1n) is 9.70. The number of unbranched alkanes of at least 4 members (excludes halogenated alkanes) is 1. The van der Waals surface area contributed by atoms with Gasteiger partial charge in [-0.25, -0.2) is 4.79 Å². The van der Waals surface area contributed by atoms with E-state index in [2.05, 4.69) is 6.58 Å². The van der Waals surface area contributed by atoms with E-state index in [4.69, 9.17) is 5.11 Å². The maximum Gasteiger partial charge on any atom is 0.345 e. The Kier molecular flexibility index (Phi) is 8.10. The summed E-state index contributed by atoms with van der Waals surface area (Å²) in [5.74, 6) is -5.62. The van der Waals surface area contributed by atoms with E-state index in [1.807, 2.05) is 6.92 Å². The van der Waals surface area contributed by atoms with E-state index in [9.17, 15) is 23.5 Å². The highest BCUT2D eigenvalue weighted by Gasteiger charge is 2.52. The summed E-state index contributed by atoms with van der Waals surface area (Å²) < 4.78 is 27.9. The molecule has 1 amide bonds. The van der Waals surface area contributed by atoms with Crippen LogP contribution < -0.4 is 0 Å². The number of halogens is 2. The van der Waals surface area contributed by atoms with E-state index in [0.29, 0.717) is 24.8 Å². The van der Waals surface area contributed by atoms with Crippen LogP contribution in [0.2, 0.25) is 0 Å². The van der Waals surface area contributed by atoms with Crippen molar-refractivity contribution >= 4 is 23.2 Å². The molecule has 1 aromatic heterocycles. The molecule has 2 atom stereocenters. The zero-order valence-electron chi connectivity index (χ0n) is 16.4. The van der Waals surface area contributed by atoms with Gasteiger partial charge in [0.15, 0.2) is 0 Å². The number of hydrogen-bond acceptors (Lipinski definition) is 4. The van der Waals surface area contributed by atoms with Crippen LogP contribution in [0.15, 0.2) is 36.4 Å². The summed E-state index contributed by atoms with van der Waals surface area (Å²) in [5, 5.41) is 19.1. The van der Waals surface area contributed by atoms with Gasteiger partial charge in [-0.15, -0.1) is 11.3 Å². The Labute approximate surface area is 173 Å².